The van der Waals surface area contributed by atoms with Crippen LogP contribution in [0.15, 0.2) is 24.3 Å². The van der Waals surface area contributed by atoms with Gasteiger partial charge < -0.3 is 10.1 Å². The van der Waals surface area contributed by atoms with Gasteiger partial charge in [-0.2, -0.15) is 0 Å². The second kappa shape index (κ2) is 6.20. The summed E-state index contributed by atoms with van der Waals surface area (Å²) >= 11 is 0. The lowest BCUT2D eigenvalue weighted by Gasteiger charge is -2.35. The van der Waals surface area contributed by atoms with Crippen LogP contribution in [0.4, 0.5) is 0 Å². The Morgan fingerprint density at radius 1 is 1.37 bits per heavy atom. The molecule has 19 heavy (non-hydrogen) atoms. The molecule has 1 N–H and O–H groups in total. The quantitative estimate of drug-likeness (QED) is 0.846. The third-order valence-electron chi connectivity index (χ3n) is 3.84. The number of carbonyl (C=O) groups is 1. The SMILES string of the molecule is CCOC(=O)[C@@]1(Cc2ccc(C)cc2)CCCNC1. The lowest BCUT2D eigenvalue weighted by molar-refractivity contribution is -0.156. The molecule has 2 rings (SSSR count). The van der Waals surface area contributed by atoms with Crippen LogP contribution in [-0.2, 0) is 16.0 Å². The highest BCUT2D eigenvalue weighted by Gasteiger charge is 2.40. The summed E-state index contributed by atoms with van der Waals surface area (Å²) in [5, 5.41) is 3.35. The minimum Gasteiger partial charge on any atom is -0.466 e. The molecule has 3 nitrogen and oxygen atoms in total. The van der Waals surface area contributed by atoms with Crippen LogP contribution >= 0.6 is 0 Å². The van der Waals surface area contributed by atoms with Gasteiger partial charge in [-0.1, -0.05) is 29.8 Å². The minimum atomic E-state index is -0.385. The van der Waals surface area contributed by atoms with Crippen LogP contribution in [0, 0.1) is 12.3 Å². The van der Waals surface area contributed by atoms with Gasteiger partial charge in [0.15, 0.2) is 0 Å². The van der Waals surface area contributed by atoms with Gasteiger partial charge in [-0.05, 0) is 45.2 Å². The number of carbonyl (C=O) groups excluding carboxylic acids is 1. The number of aryl methyl sites for hydroxylation is 1. The van der Waals surface area contributed by atoms with Crippen LogP contribution in [0.25, 0.3) is 0 Å². The van der Waals surface area contributed by atoms with E-state index in [1.54, 1.807) is 0 Å². The Bertz CT molecular complexity index is 419. The van der Waals surface area contributed by atoms with E-state index >= 15 is 0 Å². The van der Waals surface area contributed by atoms with Crippen molar-refractivity contribution in [2.75, 3.05) is 19.7 Å². The minimum absolute atomic E-state index is 0.0530. The van der Waals surface area contributed by atoms with Crippen LogP contribution in [-0.4, -0.2) is 25.7 Å². The maximum Gasteiger partial charge on any atom is 0.313 e. The largest absolute Gasteiger partial charge is 0.466 e. The van der Waals surface area contributed by atoms with Gasteiger partial charge in [0.2, 0.25) is 0 Å². The molecular formula is C16H23NO2. The van der Waals surface area contributed by atoms with Crippen molar-refractivity contribution in [2.24, 2.45) is 5.41 Å². The van der Waals surface area contributed by atoms with E-state index in [0.717, 1.165) is 32.4 Å². The summed E-state index contributed by atoms with van der Waals surface area (Å²) in [6, 6.07) is 8.44. The van der Waals surface area contributed by atoms with Gasteiger partial charge in [-0.3, -0.25) is 4.79 Å². The van der Waals surface area contributed by atoms with Gasteiger partial charge in [0, 0.05) is 6.54 Å². The van der Waals surface area contributed by atoms with Crippen molar-refractivity contribution in [3.8, 4) is 0 Å². The molecule has 1 fully saturated rings. The number of esters is 1. The van der Waals surface area contributed by atoms with E-state index in [1.165, 1.54) is 11.1 Å². The molecule has 1 atom stereocenters. The number of ether oxygens (including phenoxy) is 1. The first-order chi connectivity index (χ1) is 9.16. The molecule has 104 valence electrons. The van der Waals surface area contributed by atoms with Crippen molar-refractivity contribution in [1.29, 1.82) is 0 Å². The molecule has 0 amide bonds. The van der Waals surface area contributed by atoms with Gasteiger partial charge in [-0.25, -0.2) is 0 Å². The van der Waals surface area contributed by atoms with Crippen LogP contribution in [0.3, 0.4) is 0 Å². The van der Waals surface area contributed by atoms with E-state index < -0.39 is 0 Å². The zero-order valence-corrected chi connectivity index (χ0v) is 11.9. The Kier molecular flexibility index (Phi) is 4.59. The predicted molar refractivity (Wildman–Crippen MR) is 76.1 cm³/mol. The molecular weight excluding hydrogens is 238 g/mol. The molecule has 0 unspecified atom stereocenters. The van der Waals surface area contributed by atoms with Gasteiger partial charge in [-0.15, -0.1) is 0 Å². The first kappa shape index (κ1) is 14.1. The molecule has 3 heteroatoms. The summed E-state index contributed by atoms with van der Waals surface area (Å²) in [6.07, 6.45) is 2.70. The van der Waals surface area contributed by atoms with Crippen molar-refractivity contribution >= 4 is 5.97 Å². The number of hydrogen-bond acceptors (Lipinski definition) is 3. The van der Waals surface area contributed by atoms with Crippen LogP contribution in [0.2, 0.25) is 0 Å². The van der Waals surface area contributed by atoms with E-state index in [9.17, 15) is 4.79 Å². The summed E-state index contributed by atoms with van der Waals surface area (Å²) in [7, 11) is 0. The highest BCUT2D eigenvalue weighted by atomic mass is 16.5. The Hall–Kier alpha value is -1.35. The maximum absolute atomic E-state index is 12.3. The molecule has 0 aliphatic carbocycles. The lowest BCUT2D eigenvalue weighted by atomic mass is 9.75. The number of hydrogen-bond donors (Lipinski definition) is 1. The molecule has 1 aliphatic heterocycles. The molecule has 0 saturated carbocycles. The van der Waals surface area contributed by atoms with Crippen molar-refractivity contribution < 1.29 is 9.53 Å². The topological polar surface area (TPSA) is 38.3 Å². The summed E-state index contributed by atoms with van der Waals surface area (Å²) in [5.41, 5.74) is 2.07. The Morgan fingerprint density at radius 2 is 2.11 bits per heavy atom. The second-order valence-electron chi connectivity index (χ2n) is 5.44. The molecule has 1 heterocycles. The molecule has 1 aliphatic rings. The average molecular weight is 261 g/mol. The van der Waals surface area contributed by atoms with E-state index in [-0.39, 0.29) is 11.4 Å². The molecule has 0 aromatic heterocycles. The van der Waals surface area contributed by atoms with Gasteiger partial charge in [0.25, 0.3) is 0 Å². The summed E-state index contributed by atoms with van der Waals surface area (Å²) in [6.45, 7) is 6.12. The molecule has 1 aromatic rings. The molecule has 0 spiro atoms. The first-order valence-electron chi connectivity index (χ1n) is 7.10. The van der Waals surface area contributed by atoms with Crippen molar-refractivity contribution in [1.82, 2.24) is 5.32 Å². The predicted octanol–water partition coefficient (Wildman–Crippen LogP) is 2.47. The van der Waals surface area contributed by atoms with Gasteiger partial charge in [0.05, 0.1) is 12.0 Å². The standard InChI is InChI=1S/C16H23NO2/c1-3-19-15(18)16(9-4-10-17-12-16)11-14-7-5-13(2)6-8-14/h5-8,17H,3-4,9-12H2,1-2H3/t16-/m1/s1. The molecule has 1 aromatic carbocycles. The van der Waals surface area contributed by atoms with Crippen molar-refractivity contribution in [3.05, 3.63) is 35.4 Å². The summed E-state index contributed by atoms with van der Waals surface area (Å²) in [5.74, 6) is -0.0530. The van der Waals surface area contributed by atoms with Gasteiger partial charge >= 0.3 is 5.97 Å². The number of nitrogens with one attached hydrogen (secondary N) is 1. The van der Waals surface area contributed by atoms with E-state index in [1.807, 2.05) is 6.92 Å². The van der Waals surface area contributed by atoms with Crippen molar-refractivity contribution in [3.63, 3.8) is 0 Å². The highest BCUT2D eigenvalue weighted by molar-refractivity contribution is 5.77. The van der Waals surface area contributed by atoms with Crippen LogP contribution in [0.5, 0.6) is 0 Å². The van der Waals surface area contributed by atoms with Crippen molar-refractivity contribution in [2.45, 2.75) is 33.1 Å². The van der Waals surface area contributed by atoms with E-state index in [2.05, 4.69) is 36.5 Å². The Labute approximate surface area is 115 Å². The van der Waals surface area contributed by atoms with E-state index in [0.29, 0.717) is 6.61 Å². The van der Waals surface area contributed by atoms with Crippen LogP contribution < -0.4 is 5.32 Å². The fourth-order valence-electron chi connectivity index (χ4n) is 2.75. The third-order valence-corrected chi connectivity index (χ3v) is 3.84. The number of rotatable bonds is 4. The normalized spacial score (nSPS) is 23.1. The van der Waals surface area contributed by atoms with E-state index in [4.69, 9.17) is 4.74 Å². The summed E-state index contributed by atoms with van der Waals surface area (Å²) < 4.78 is 5.30. The first-order valence-corrected chi connectivity index (χ1v) is 7.10. The molecule has 0 bridgehead atoms. The monoisotopic (exact) mass is 261 g/mol. The second-order valence-corrected chi connectivity index (χ2v) is 5.44. The fourth-order valence-corrected chi connectivity index (χ4v) is 2.75. The maximum atomic E-state index is 12.3. The fraction of sp³-hybridized carbons (Fsp3) is 0.562. The Morgan fingerprint density at radius 3 is 2.68 bits per heavy atom. The molecule has 1 saturated heterocycles. The summed E-state index contributed by atoms with van der Waals surface area (Å²) in [4.78, 5) is 12.3. The zero-order valence-electron chi connectivity index (χ0n) is 11.9. The average Bonchev–Trinajstić information content (AvgIpc) is 2.43. The smallest absolute Gasteiger partial charge is 0.313 e. The van der Waals surface area contributed by atoms with Crippen LogP contribution in [0.1, 0.15) is 30.9 Å². The highest BCUT2D eigenvalue weighted by Crippen LogP contribution is 2.32. The third kappa shape index (κ3) is 3.35. The van der Waals surface area contributed by atoms with Gasteiger partial charge in [0.1, 0.15) is 0 Å². The number of piperidine rings is 1. The molecule has 0 radical (unpaired) electrons. The lowest BCUT2D eigenvalue weighted by Crippen LogP contribution is -2.47. The Balaban J connectivity index is 2.17. The number of benzene rings is 1. The zero-order chi connectivity index (χ0) is 13.7.